The first-order valence-corrected chi connectivity index (χ1v) is 6.48. The van der Waals surface area contributed by atoms with E-state index in [0.29, 0.717) is 24.2 Å². The molecule has 0 spiro atoms. The van der Waals surface area contributed by atoms with Gasteiger partial charge in [-0.25, -0.2) is 0 Å². The molecule has 0 aromatic rings. The fourth-order valence-corrected chi connectivity index (χ4v) is 3.14. The molecule has 0 aliphatic heterocycles. The summed E-state index contributed by atoms with van der Waals surface area (Å²) in [4.78, 5) is 12.4. The van der Waals surface area contributed by atoms with Crippen LogP contribution in [-0.2, 0) is 4.79 Å². The van der Waals surface area contributed by atoms with E-state index in [4.69, 9.17) is 5.73 Å². The quantitative estimate of drug-likeness (QED) is 0.773. The van der Waals surface area contributed by atoms with Crippen LogP contribution in [0.15, 0.2) is 0 Å². The van der Waals surface area contributed by atoms with Crippen LogP contribution in [0.2, 0.25) is 0 Å². The highest BCUT2D eigenvalue weighted by molar-refractivity contribution is 5.90. The van der Waals surface area contributed by atoms with Crippen LogP contribution in [0, 0.1) is 17.3 Å². The Labute approximate surface area is 92.6 Å². The van der Waals surface area contributed by atoms with Crippen molar-refractivity contribution >= 4 is 5.78 Å². The zero-order chi connectivity index (χ0) is 10.9. The van der Waals surface area contributed by atoms with Gasteiger partial charge in [0, 0.05) is 17.9 Å². The zero-order valence-corrected chi connectivity index (χ0v) is 9.80. The molecule has 2 aliphatic rings. The SMILES string of the molecule is CCC1CCCCC1C(=O)C1(CN)CC1. The monoisotopic (exact) mass is 209 g/mol. The lowest BCUT2D eigenvalue weighted by molar-refractivity contribution is -0.130. The van der Waals surface area contributed by atoms with Crippen molar-refractivity contribution in [3.63, 3.8) is 0 Å². The lowest BCUT2D eigenvalue weighted by Crippen LogP contribution is -2.36. The average molecular weight is 209 g/mol. The molecular formula is C13H23NO. The lowest BCUT2D eigenvalue weighted by atomic mass is 9.72. The van der Waals surface area contributed by atoms with Crippen molar-refractivity contribution in [1.29, 1.82) is 0 Å². The molecule has 2 fully saturated rings. The van der Waals surface area contributed by atoms with Crippen molar-refractivity contribution in [3.05, 3.63) is 0 Å². The van der Waals surface area contributed by atoms with Crippen LogP contribution in [0.4, 0.5) is 0 Å². The van der Waals surface area contributed by atoms with E-state index >= 15 is 0 Å². The third kappa shape index (κ3) is 1.96. The molecule has 15 heavy (non-hydrogen) atoms. The third-order valence-electron chi connectivity index (χ3n) is 4.54. The van der Waals surface area contributed by atoms with E-state index in [0.717, 1.165) is 25.7 Å². The molecular weight excluding hydrogens is 186 g/mol. The molecule has 0 bridgehead atoms. The van der Waals surface area contributed by atoms with Crippen LogP contribution in [0.1, 0.15) is 51.9 Å². The van der Waals surface area contributed by atoms with Gasteiger partial charge in [0.05, 0.1) is 0 Å². The minimum Gasteiger partial charge on any atom is -0.329 e. The highest BCUT2D eigenvalue weighted by atomic mass is 16.1. The Morgan fingerprint density at radius 2 is 2.00 bits per heavy atom. The first-order chi connectivity index (χ1) is 7.23. The Morgan fingerprint density at radius 3 is 2.53 bits per heavy atom. The van der Waals surface area contributed by atoms with Crippen LogP contribution in [0.5, 0.6) is 0 Å². The zero-order valence-electron chi connectivity index (χ0n) is 9.80. The molecule has 86 valence electrons. The highest BCUT2D eigenvalue weighted by Crippen LogP contribution is 2.50. The van der Waals surface area contributed by atoms with Gasteiger partial charge in [0.1, 0.15) is 5.78 Å². The standard InChI is InChI=1S/C13H23NO/c1-2-10-5-3-4-6-11(10)12(15)13(9-14)7-8-13/h10-11H,2-9,14H2,1H3. The number of nitrogens with two attached hydrogens (primary N) is 1. The molecule has 2 aliphatic carbocycles. The molecule has 0 aromatic heterocycles. The first kappa shape index (κ1) is 11.1. The van der Waals surface area contributed by atoms with Gasteiger partial charge in [-0.3, -0.25) is 4.79 Å². The molecule has 0 amide bonds. The van der Waals surface area contributed by atoms with Gasteiger partial charge in [0.25, 0.3) is 0 Å². The Hall–Kier alpha value is -0.370. The second kappa shape index (κ2) is 4.25. The predicted molar refractivity (Wildman–Crippen MR) is 61.5 cm³/mol. The third-order valence-corrected chi connectivity index (χ3v) is 4.54. The van der Waals surface area contributed by atoms with E-state index in [2.05, 4.69) is 6.92 Å². The molecule has 0 saturated heterocycles. The number of hydrogen-bond acceptors (Lipinski definition) is 2. The van der Waals surface area contributed by atoms with Crippen molar-refractivity contribution in [2.75, 3.05) is 6.54 Å². The Morgan fingerprint density at radius 1 is 1.33 bits per heavy atom. The maximum Gasteiger partial charge on any atom is 0.143 e. The van der Waals surface area contributed by atoms with Gasteiger partial charge < -0.3 is 5.73 Å². The lowest BCUT2D eigenvalue weighted by Gasteiger charge is -2.32. The maximum absolute atomic E-state index is 12.4. The second-order valence-electron chi connectivity index (χ2n) is 5.41. The Balaban J connectivity index is 2.04. The predicted octanol–water partition coefficient (Wildman–Crippen LogP) is 2.51. The van der Waals surface area contributed by atoms with Crippen molar-refractivity contribution < 1.29 is 4.79 Å². The van der Waals surface area contributed by atoms with E-state index in [1.807, 2.05) is 0 Å². The van der Waals surface area contributed by atoms with Gasteiger partial charge in [0.2, 0.25) is 0 Å². The fourth-order valence-electron chi connectivity index (χ4n) is 3.14. The topological polar surface area (TPSA) is 43.1 Å². The summed E-state index contributed by atoms with van der Waals surface area (Å²) in [5.74, 6) is 1.50. The normalized spacial score (nSPS) is 33.7. The van der Waals surface area contributed by atoms with E-state index < -0.39 is 0 Å². The van der Waals surface area contributed by atoms with Crippen molar-refractivity contribution in [1.82, 2.24) is 0 Å². The largest absolute Gasteiger partial charge is 0.329 e. The number of rotatable bonds is 4. The first-order valence-electron chi connectivity index (χ1n) is 6.48. The molecule has 2 heteroatoms. The number of Topliss-reactive ketones (excluding diaryl/α,β-unsaturated/α-hetero) is 1. The number of hydrogen-bond donors (Lipinski definition) is 1. The smallest absolute Gasteiger partial charge is 0.143 e. The summed E-state index contributed by atoms with van der Waals surface area (Å²) in [6.45, 7) is 2.80. The van der Waals surface area contributed by atoms with E-state index in [1.54, 1.807) is 0 Å². The van der Waals surface area contributed by atoms with E-state index in [9.17, 15) is 4.79 Å². The van der Waals surface area contributed by atoms with Gasteiger partial charge in [0.15, 0.2) is 0 Å². The summed E-state index contributed by atoms with van der Waals surface area (Å²) in [5, 5.41) is 0. The Bertz CT molecular complexity index is 245. The maximum atomic E-state index is 12.4. The summed E-state index contributed by atoms with van der Waals surface area (Å²) < 4.78 is 0. The molecule has 2 atom stereocenters. The number of ketones is 1. The fraction of sp³-hybridized carbons (Fsp3) is 0.923. The second-order valence-corrected chi connectivity index (χ2v) is 5.41. The minimum absolute atomic E-state index is 0.0740. The van der Waals surface area contributed by atoms with Gasteiger partial charge >= 0.3 is 0 Å². The van der Waals surface area contributed by atoms with Crippen molar-refractivity contribution in [2.24, 2.45) is 23.0 Å². The average Bonchev–Trinajstić information content (AvgIpc) is 3.09. The summed E-state index contributed by atoms with van der Waals surface area (Å²) in [6, 6.07) is 0. The molecule has 2 rings (SSSR count). The summed E-state index contributed by atoms with van der Waals surface area (Å²) in [6.07, 6.45) is 8.21. The van der Waals surface area contributed by atoms with Crippen LogP contribution in [0.3, 0.4) is 0 Å². The van der Waals surface area contributed by atoms with Crippen LogP contribution in [0.25, 0.3) is 0 Å². The van der Waals surface area contributed by atoms with Crippen LogP contribution in [-0.4, -0.2) is 12.3 Å². The van der Waals surface area contributed by atoms with Crippen molar-refractivity contribution in [2.45, 2.75) is 51.9 Å². The minimum atomic E-state index is -0.0740. The van der Waals surface area contributed by atoms with Gasteiger partial charge in [-0.05, 0) is 31.6 Å². The number of carbonyl (C=O) groups is 1. The summed E-state index contributed by atoms with van der Waals surface area (Å²) in [7, 11) is 0. The molecule has 2 unspecified atom stereocenters. The molecule has 0 aromatic carbocycles. The Kier molecular flexibility index (Phi) is 3.15. The molecule has 0 radical (unpaired) electrons. The number of carbonyl (C=O) groups excluding carboxylic acids is 1. The summed E-state index contributed by atoms with van der Waals surface area (Å²) >= 11 is 0. The van der Waals surface area contributed by atoms with Gasteiger partial charge in [-0.1, -0.05) is 26.2 Å². The molecule has 2 N–H and O–H groups in total. The highest BCUT2D eigenvalue weighted by Gasteiger charge is 2.51. The van der Waals surface area contributed by atoms with Crippen molar-refractivity contribution in [3.8, 4) is 0 Å². The van der Waals surface area contributed by atoms with Crippen LogP contribution < -0.4 is 5.73 Å². The van der Waals surface area contributed by atoms with E-state index in [-0.39, 0.29) is 5.41 Å². The van der Waals surface area contributed by atoms with Gasteiger partial charge in [-0.15, -0.1) is 0 Å². The van der Waals surface area contributed by atoms with Gasteiger partial charge in [-0.2, -0.15) is 0 Å². The van der Waals surface area contributed by atoms with E-state index in [1.165, 1.54) is 19.3 Å². The van der Waals surface area contributed by atoms with Crippen LogP contribution >= 0.6 is 0 Å². The molecule has 0 heterocycles. The molecule has 2 nitrogen and oxygen atoms in total. The summed E-state index contributed by atoms with van der Waals surface area (Å²) in [5.41, 5.74) is 5.67. The molecule has 2 saturated carbocycles.